The number of amides is 2. The summed E-state index contributed by atoms with van der Waals surface area (Å²) in [6.45, 7) is 2.41. The number of rotatable bonds is 8. The maximum atomic E-state index is 12.5. The second-order valence-corrected chi connectivity index (χ2v) is 6.17. The molecule has 0 aromatic heterocycles. The lowest BCUT2D eigenvalue weighted by atomic mass is 10.1. The van der Waals surface area contributed by atoms with Crippen LogP contribution in [0.2, 0.25) is 0 Å². The fourth-order valence-electron chi connectivity index (χ4n) is 2.60. The van der Waals surface area contributed by atoms with E-state index in [9.17, 15) is 14.7 Å². The number of aliphatic hydroxyl groups is 1. The smallest absolute Gasteiger partial charge is 0.317 e. The Morgan fingerprint density at radius 3 is 2.50 bits per heavy atom. The molecule has 2 aromatic carbocycles. The number of aryl methyl sites for hydroxylation is 1. The first-order valence-corrected chi connectivity index (χ1v) is 8.49. The lowest BCUT2D eigenvalue weighted by Crippen LogP contribution is -2.42. The number of aliphatic carboxylic acids is 1. The van der Waals surface area contributed by atoms with Crippen LogP contribution in [0.15, 0.2) is 54.6 Å². The van der Waals surface area contributed by atoms with Crippen LogP contribution in [0.5, 0.6) is 0 Å². The molecule has 0 saturated carbocycles. The number of carboxylic acids is 1. The van der Waals surface area contributed by atoms with Gasteiger partial charge in [0.2, 0.25) is 0 Å². The summed E-state index contributed by atoms with van der Waals surface area (Å²) >= 11 is 0. The van der Waals surface area contributed by atoms with Gasteiger partial charge in [0.15, 0.2) is 0 Å². The lowest BCUT2D eigenvalue weighted by Gasteiger charge is -2.26. The van der Waals surface area contributed by atoms with Crippen LogP contribution in [-0.4, -0.2) is 40.2 Å². The van der Waals surface area contributed by atoms with Crippen LogP contribution in [0.25, 0.3) is 0 Å². The molecule has 0 aliphatic carbocycles. The Balaban J connectivity index is 2.08. The summed E-state index contributed by atoms with van der Waals surface area (Å²) in [5.74, 6) is -0.972. The summed E-state index contributed by atoms with van der Waals surface area (Å²) in [4.78, 5) is 24.6. The maximum absolute atomic E-state index is 12.5. The van der Waals surface area contributed by atoms with Crippen molar-refractivity contribution < 1.29 is 19.8 Å². The molecule has 0 fully saturated rings. The number of aliphatic hydroxyl groups excluding tert-OH is 1. The Bertz CT molecular complexity index is 734. The van der Waals surface area contributed by atoms with Crippen molar-refractivity contribution in [3.8, 4) is 0 Å². The van der Waals surface area contributed by atoms with E-state index in [1.54, 1.807) is 0 Å². The third-order valence-electron chi connectivity index (χ3n) is 3.94. The van der Waals surface area contributed by atoms with Gasteiger partial charge in [-0.05, 0) is 18.1 Å². The van der Waals surface area contributed by atoms with Gasteiger partial charge in [-0.1, -0.05) is 60.2 Å². The monoisotopic (exact) mass is 356 g/mol. The van der Waals surface area contributed by atoms with Crippen molar-refractivity contribution in [2.45, 2.75) is 26.0 Å². The first-order valence-electron chi connectivity index (χ1n) is 8.49. The zero-order chi connectivity index (χ0) is 18.9. The quantitative estimate of drug-likeness (QED) is 0.678. The molecule has 138 valence electrons. The molecular formula is C20H24N2O4. The Morgan fingerprint density at radius 2 is 1.85 bits per heavy atom. The number of carboxylic acid groups (broad SMARTS) is 1. The van der Waals surface area contributed by atoms with Crippen LogP contribution in [0.1, 0.15) is 29.2 Å². The van der Waals surface area contributed by atoms with Crippen molar-refractivity contribution in [2.75, 3.05) is 13.1 Å². The Hall–Kier alpha value is -2.86. The van der Waals surface area contributed by atoms with Gasteiger partial charge in [0.1, 0.15) is 0 Å². The molecule has 3 N–H and O–H groups in total. The minimum Gasteiger partial charge on any atom is -0.481 e. The van der Waals surface area contributed by atoms with Gasteiger partial charge in [-0.3, -0.25) is 4.79 Å². The molecule has 0 spiro atoms. The Kier molecular flexibility index (Phi) is 7.17. The van der Waals surface area contributed by atoms with Gasteiger partial charge < -0.3 is 20.4 Å². The number of nitrogens with one attached hydrogen (secondary N) is 1. The number of hydrogen-bond donors (Lipinski definition) is 3. The molecular weight excluding hydrogens is 332 g/mol. The number of carbonyl (C=O) groups excluding carboxylic acids is 1. The van der Waals surface area contributed by atoms with Crippen molar-refractivity contribution >= 4 is 12.0 Å². The molecule has 6 nitrogen and oxygen atoms in total. The van der Waals surface area contributed by atoms with Gasteiger partial charge in [-0.15, -0.1) is 0 Å². The molecule has 0 bridgehead atoms. The van der Waals surface area contributed by atoms with Crippen LogP contribution in [0.3, 0.4) is 0 Å². The number of hydrogen-bond acceptors (Lipinski definition) is 3. The van der Waals surface area contributed by atoms with E-state index in [4.69, 9.17) is 5.11 Å². The third kappa shape index (κ3) is 6.22. The van der Waals surface area contributed by atoms with Gasteiger partial charge >= 0.3 is 12.0 Å². The van der Waals surface area contributed by atoms with Crippen LogP contribution < -0.4 is 5.32 Å². The summed E-state index contributed by atoms with van der Waals surface area (Å²) in [5, 5.41) is 21.9. The van der Waals surface area contributed by atoms with Crippen LogP contribution in [0.4, 0.5) is 4.79 Å². The summed E-state index contributed by atoms with van der Waals surface area (Å²) in [6.07, 6.45) is -0.977. The number of benzene rings is 2. The predicted octanol–water partition coefficient (Wildman–Crippen LogP) is 2.71. The van der Waals surface area contributed by atoms with Gasteiger partial charge in [0.25, 0.3) is 0 Å². The van der Waals surface area contributed by atoms with Crippen LogP contribution in [-0.2, 0) is 11.3 Å². The first kappa shape index (κ1) is 19.5. The molecule has 0 aliphatic heterocycles. The van der Waals surface area contributed by atoms with E-state index in [1.165, 1.54) is 4.90 Å². The molecule has 0 radical (unpaired) electrons. The van der Waals surface area contributed by atoms with Crippen molar-refractivity contribution in [1.82, 2.24) is 10.2 Å². The van der Waals surface area contributed by atoms with Crippen molar-refractivity contribution in [3.05, 3.63) is 71.3 Å². The molecule has 2 amide bonds. The summed E-state index contributed by atoms with van der Waals surface area (Å²) < 4.78 is 0. The lowest BCUT2D eigenvalue weighted by molar-refractivity contribution is -0.136. The molecule has 1 unspecified atom stereocenters. The fraction of sp³-hybridized carbons (Fsp3) is 0.300. The van der Waals surface area contributed by atoms with E-state index in [-0.39, 0.29) is 19.5 Å². The zero-order valence-corrected chi connectivity index (χ0v) is 14.8. The van der Waals surface area contributed by atoms with Gasteiger partial charge in [0.05, 0.1) is 19.1 Å². The van der Waals surface area contributed by atoms with E-state index in [0.717, 1.165) is 16.7 Å². The van der Waals surface area contributed by atoms with E-state index in [0.29, 0.717) is 6.54 Å². The third-order valence-corrected chi connectivity index (χ3v) is 3.94. The highest BCUT2D eigenvalue weighted by Gasteiger charge is 2.19. The molecule has 1 atom stereocenters. The Labute approximate surface area is 153 Å². The minimum atomic E-state index is -0.972. The zero-order valence-electron chi connectivity index (χ0n) is 14.8. The molecule has 6 heteroatoms. The summed E-state index contributed by atoms with van der Waals surface area (Å²) in [5.41, 5.74) is 2.70. The van der Waals surface area contributed by atoms with Gasteiger partial charge in [0, 0.05) is 13.1 Å². The van der Waals surface area contributed by atoms with E-state index >= 15 is 0 Å². The molecule has 26 heavy (non-hydrogen) atoms. The van der Waals surface area contributed by atoms with Gasteiger partial charge in [-0.2, -0.15) is 0 Å². The average molecular weight is 356 g/mol. The maximum Gasteiger partial charge on any atom is 0.317 e. The number of urea groups is 1. The standard InChI is InChI=1S/C20H24N2O4/c1-15-6-5-9-17(12-15)18(23)14-22(13-16-7-3-2-4-8-16)20(26)21-11-10-19(24)25/h2-9,12,18,23H,10-11,13-14H2,1H3,(H,21,26)(H,24,25). The topological polar surface area (TPSA) is 89.9 Å². The molecule has 0 heterocycles. The largest absolute Gasteiger partial charge is 0.481 e. The highest BCUT2D eigenvalue weighted by molar-refractivity contribution is 5.75. The highest BCUT2D eigenvalue weighted by atomic mass is 16.4. The first-order chi connectivity index (χ1) is 12.5. The SMILES string of the molecule is Cc1cccc(C(O)CN(Cc2ccccc2)C(=O)NCCC(=O)O)c1. The second-order valence-electron chi connectivity index (χ2n) is 6.17. The number of carbonyl (C=O) groups is 2. The van der Waals surface area contributed by atoms with Crippen molar-refractivity contribution in [1.29, 1.82) is 0 Å². The normalized spacial score (nSPS) is 11.6. The molecule has 2 rings (SSSR count). The summed E-state index contributed by atoms with van der Waals surface area (Å²) in [6, 6.07) is 16.6. The van der Waals surface area contributed by atoms with E-state index < -0.39 is 18.1 Å². The molecule has 2 aromatic rings. The fourth-order valence-corrected chi connectivity index (χ4v) is 2.60. The van der Waals surface area contributed by atoms with Crippen LogP contribution >= 0.6 is 0 Å². The molecule has 0 aliphatic rings. The highest BCUT2D eigenvalue weighted by Crippen LogP contribution is 2.17. The summed E-state index contributed by atoms with van der Waals surface area (Å²) in [7, 11) is 0. The predicted molar refractivity (Wildman–Crippen MR) is 98.6 cm³/mol. The minimum absolute atomic E-state index is 0.0417. The van der Waals surface area contributed by atoms with E-state index in [2.05, 4.69) is 5.32 Å². The number of nitrogens with zero attached hydrogens (tertiary/aromatic N) is 1. The van der Waals surface area contributed by atoms with Crippen LogP contribution in [0, 0.1) is 6.92 Å². The van der Waals surface area contributed by atoms with Crippen molar-refractivity contribution in [2.24, 2.45) is 0 Å². The average Bonchev–Trinajstić information content (AvgIpc) is 2.61. The van der Waals surface area contributed by atoms with Crippen molar-refractivity contribution in [3.63, 3.8) is 0 Å². The van der Waals surface area contributed by atoms with Gasteiger partial charge in [-0.25, -0.2) is 4.79 Å². The molecule has 0 saturated heterocycles. The Morgan fingerprint density at radius 1 is 1.12 bits per heavy atom. The van der Waals surface area contributed by atoms with E-state index in [1.807, 2.05) is 61.5 Å². The second kappa shape index (κ2) is 9.58.